The number of hydrogen-bond acceptors (Lipinski definition) is 5. The van der Waals surface area contributed by atoms with Gasteiger partial charge in [-0.2, -0.15) is 5.10 Å². The zero-order valence-corrected chi connectivity index (χ0v) is 11.4. The number of rotatable bonds is 7. The maximum absolute atomic E-state index is 11.9. The van der Waals surface area contributed by atoms with Gasteiger partial charge in [-0.15, -0.1) is 0 Å². The van der Waals surface area contributed by atoms with E-state index in [4.69, 9.17) is 9.47 Å². The van der Waals surface area contributed by atoms with Crippen LogP contribution in [0.1, 0.15) is 18.5 Å². The minimum Gasteiger partial charge on any atom is -0.383 e. The third-order valence-electron chi connectivity index (χ3n) is 3.07. The Balaban J connectivity index is 1.85. The highest BCUT2D eigenvalue weighted by atomic mass is 16.5. The van der Waals surface area contributed by atoms with E-state index in [1.54, 1.807) is 13.2 Å². The van der Waals surface area contributed by atoms with E-state index in [0.717, 1.165) is 37.2 Å². The van der Waals surface area contributed by atoms with Crippen molar-refractivity contribution in [3.8, 4) is 0 Å². The van der Waals surface area contributed by atoms with Crippen molar-refractivity contribution in [1.29, 1.82) is 0 Å². The van der Waals surface area contributed by atoms with E-state index >= 15 is 0 Å². The average molecular weight is 267 g/mol. The van der Waals surface area contributed by atoms with Crippen LogP contribution in [0, 0.1) is 0 Å². The van der Waals surface area contributed by atoms with Crippen LogP contribution >= 0.6 is 0 Å². The van der Waals surface area contributed by atoms with E-state index in [9.17, 15) is 4.79 Å². The largest absolute Gasteiger partial charge is 0.383 e. The van der Waals surface area contributed by atoms with Crippen LogP contribution < -0.4 is 10.9 Å². The zero-order chi connectivity index (χ0) is 13.5. The first-order chi connectivity index (χ1) is 9.31. The molecule has 0 spiro atoms. The Hall–Kier alpha value is -1.40. The molecule has 2 rings (SSSR count). The maximum atomic E-state index is 11.9. The summed E-state index contributed by atoms with van der Waals surface area (Å²) in [7, 11) is 1.65. The summed E-state index contributed by atoms with van der Waals surface area (Å²) in [6.45, 7) is 3.33. The Morgan fingerprint density at radius 3 is 3.16 bits per heavy atom. The fourth-order valence-corrected chi connectivity index (χ4v) is 2.07. The van der Waals surface area contributed by atoms with E-state index in [0.29, 0.717) is 26.4 Å². The van der Waals surface area contributed by atoms with E-state index < -0.39 is 0 Å². The van der Waals surface area contributed by atoms with Gasteiger partial charge in [0.05, 0.1) is 24.6 Å². The second kappa shape index (κ2) is 7.25. The van der Waals surface area contributed by atoms with E-state index in [1.165, 1.54) is 4.68 Å². The van der Waals surface area contributed by atoms with Crippen molar-refractivity contribution in [1.82, 2.24) is 9.78 Å². The number of nitrogens with one attached hydrogen (secondary N) is 1. The summed E-state index contributed by atoms with van der Waals surface area (Å²) in [4.78, 5) is 11.9. The summed E-state index contributed by atoms with van der Waals surface area (Å²) < 4.78 is 11.8. The number of anilines is 1. The summed E-state index contributed by atoms with van der Waals surface area (Å²) in [5, 5.41) is 7.61. The van der Waals surface area contributed by atoms with Gasteiger partial charge in [0.1, 0.15) is 0 Å². The highest BCUT2D eigenvalue weighted by Gasteiger charge is 2.12. The second-order valence-electron chi connectivity index (χ2n) is 4.56. The van der Waals surface area contributed by atoms with Crippen LogP contribution in [0.5, 0.6) is 0 Å². The molecule has 0 atom stereocenters. The Kier molecular flexibility index (Phi) is 5.35. The third kappa shape index (κ3) is 4.04. The lowest BCUT2D eigenvalue weighted by molar-refractivity contribution is 0.0675. The fourth-order valence-electron chi connectivity index (χ4n) is 2.07. The minimum atomic E-state index is -0.0509. The molecule has 0 saturated carbocycles. The summed E-state index contributed by atoms with van der Waals surface area (Å²) in [6, 6.07) is 1.65. The van der Waals surface area contributed by atoms with Crippen LogP contribution in [0.3, 0.4) is 0 Å². The Morgan fingerprint density at radius 2 is 2.32 bits per heavy atom. The number of fused-ring (bicyclic) bond motifs is 1. The van der Waals surface area contributed by atoms with Gasteiger partial charge in [0.25, 0.3) is 5.56 Å². The Labute approximate surface area is 112 Å². The van der Waals surface area contributed by atoms with Crippen LogP contribution in [0.2, 0.25) is 0 Å². The topological polar surface area (TPSA) is 65.4 Å². The Bertz CT molecular complexity index is 459. The molecule has 1 aliphatic heterocycles. The molecule has 106 valence electrons. The molecule has 0 aliphatic carbocycles. The number of nitrogens with zero attached hydrogens (tertiary/aromatic N) is 2. The van der Waals surface area contributed by atoms with Crippen LogP contribution in [0.4, 0.5) is 5.69 Å². The zero-order valence-electron chi connectivity index (χ0n) is 11.4. The first-order valence-electron chi connectivity index (χ1n) is 6.73. The molecule has 0 amide bonds. The van der Waals surface area contributed by atoms with Gasteiger partial charge in [0.15, 0.2) is 0 Å². The molecule has 6 heteroatoms. The van der Waals surface area contributed by atoms with Crippen molar-refractivity contribution in [3.63, 3.8) is 0 Å². The predicted octanol–water partition coefficient (Wildman–Crippen LogP) is 0.655. The van der Waals surface area contributed by atoms with Gasteiger partial charge < -0.3 is 14.8 Å². The first kappa shape index (κ1) is 14.0. The molecule has 1 N–H and O–H groups in total. The Morgan fingerprint density at radius 1 is 1.42 bits per heavy atom. The molecule has 2 heterocycles. The number of hydrogen-bond donors (Lipinski definition) is 1. The van der Waals surface area contributed by atoms with Crippen LogP contribution in [-0.4, -0.2) is 43.3 Å². The minimum absolute atomic E-state index is 0.0509. The van der Waals surface area contributed by atoms with Crippen LogP contribution in [0.15, 0.2) is 10.9 Å². The van der Waals surface area contributed by atoms with Gasteiger partial charge in [-0.05, 0) is 19.3 Å². The van der Waals surface area contributed by atoms with Crippen molar-refractivity contribution in [2.75, 3.05) is 38.8 Å². The second-order valence-corrected chi connectivity index (χ2v) is 4.56. The fraction of sp³-hybridized carbons (Fsp3) is 0.692. The molecule has 0 unspecified atom stereocenters. The van der Waals surface area contributed by atoms with Crippen molar-refractivity contribution in [3.05, 3.63) is 22.1 Å². The van der Waals surface area contributed by atoms with Crippen LogP contribution in [-0.2, 0) is 22.4 Å². The summed E-state index contributed by atoms with van der Waals surface area (Å²) in [5.41, 5.74) is 1.83. The van der Waals surface area contributed by atoms with E-state index in [1.807, 2.05) is 0 Å². The summed E-state index contributed by atoms with van der Waals surface area (Å²) in [6.07, 6.45) is 2.79. The molecule has 1 aromatic heterocycles. The van der Waals surface area contributed by atoms with Gasteiger partial charge in [0.2, 0.25) is 0 Å². The van der Waals surface area contributed by atoms with Gasteiger partial charge in [-0.1, -0.05) is 0 Å². The number of methoxy groups -OCH3 is 1. The lowest BCUT2D eigenvalue weighted by atomic mass is 10.1. The maximum Gasteiger partial charge on any atom is 0.268 e. The lowest BCUT2D eigenvalue weighted by Gasteiger charge is -2.17. The molecular formula is C13H21N3O3. The molecule has 19 heavy (non-hydrogen) atoms. The molecule has 0 fully saturated rings. The molecule has 0 bridgehead atoms. The summed E-state index contributed by atoms with van der Waals surface area (Å²) in [5.74, 6) is 0. The highest BCUT2D eigenvalue weighted by Crippen LogP contribution is 2.16. The number of ether oxygens (including phenoxy) is 2. The monoisotopic (exact) mass is 267 g/mol. The van der Waals surface area contributed by atoms with E-state index in [2.05, 4.69) is 10.4 Å². The number of aryl methyl sites for hydroxylation is 2. The van der Waals surface area contributed by atoms with Gasteiger partial charge >= 0.3 is 0 Å². The van der Waals surface area contributed by atoms with Gasteiger partial charge in [0, 0.05) is 32.9 Å². The third-order valence-corrected chi connectivity index (χ3v) is 3.07. The predicted molar refractivity (Wildman–Crippen MR) is 72.6 cm³/mol. The van der Waals surface area contributed by atoms with Crippen molar-refractivity contribution in [2.24, 2.45) is 0 Å². The smallest absolute Gasteiger partial charge is 0.268 e. The molecule has 0 aromatic carbocycles. The van der Waals surface area contributed by atoms with Crippen LogP contribution in [0.25, 0.3) is 0 Å². The number of aromatic nitrogens is 2. The first-order valence-corrected chi connectivity index (χ1v) is 6.73. The molecule has 1 aliphatic rings. The van der Waals surface area contributed by atoms with Crippen molar-refractivity contribution in [2.45, 2.75) is 25.8 Å². The molecular weight excluding hydrogens is 246 g/mol. The molecule has 0 radical (unpaired) electrons. The van der Waals surface area contributed by atoms with Crippen molar-refractivity contribution < 1.29 is 9.47 Å². The van der Waals surface area contributed by atoms with Gasteiger partial charge in [-0.3, -0.25) is 4.79 Å². The average Bonchev–Trinajstić information content (AvgIpc) is 2.43. The normalized spacial score (nSPS) is 13.9. The van der Waals surface area contributed by atoms with Gasteiger partial charge in [-0.25, -0.2) is 4.68 Å². The van der Waals surface area contributed by atoms with Crippen molar-refractivity contribution >= 4 is 5.69 Å². The molecule has 0 saturated heterocycles. The lowest BCUT2D eigenvalue weighted by Crippen LogP contribution is -2.27. The SMILES string of the molecule is COCCOCCCn1nc2c(cc1=O)NCCC2. The van der Waals surface area contributed by atoms with E-state index in [-0.39, 0.29) is 5.56 Å². The molecule has 6 nitrogen and oxygen atoms in total. The molecule has 1 aromatic rings. The standard InChI is InChI=1S/C13H21N3O3/c1-18-8-9-19-7-3-6-16-13(17)10-12-11(15-16)4-2-5-14-12/h10,14H,2-9H2,1H3. The summed E-state index contributed by atoms with van der Waals surface area (Å²) >= 11 is 0. The quantitative estimate of drug-likeness (QED) is 0.735. The highest BCUT2D eigenvalue weighted by molar-refractivity contribution is 5.48.